The van der Waals surface area contributed by atoms with Crippen LogP contribution < -0.4 is 0 Å². The fourth-order valence-electron chi connectivity index (χ4n) is 2.78. The second-order valence-electron chi connectivity index (χ2n) is 6.24. The van der Waals surface area contributed by atoms with Crippen LogP contribution in [0.1, 0.15) is 27.7 Å². The third-order valence-corrected chi connectivity index (χ3v) is 5.61. The number of likely N-dealkylation sites (tertiary alicyclic amines) is 1. The van der Waals surface area contributed by atoms with Crippen molar-refractivity contribution in [3.05, 3.63) is 23.8 Å². The number of amides is 1. The van der Waals surface area contributed by atoms with E-state index in [1.54, 1.807) is 4.90 Å². The summed E-state index contributed by atoms with van der Waals surface area (Å²) in [7, 11) is 0. The lowest BCUT2D eigenvalue weighted by molar-refractivity contribution is -0.132. The van der Waals surface area contributed by atoms with Gasteiger partial charge < -0.3 is 4.90 Å². The molecule has 0 aromatic carbocycles. The van der Waals surface area contributed by atoms with Crippen LogP contribution in [0.2, 0.25) is 0 Å². The van der Waals surface area contributed by atoms with Crippen LogP contribution in [0.5, 0.6) is 0 Å². The highest BCUT2D eigenvalue weighted by Gasteiger charge is 2.67. The number of nitrogens with zero attached hydrogens (tertiary/aromatic N) is 1. The molecular formula is C14H18Cl3NO. The zero-order valence-corrected chi connectivity index (χ0v) is 13.8. The lowest BCUT2D eigenvalue weighted by Crippen LogP contribution is -2.48. The first kappa shape index (κ1) is 15.2. The molecule has 0 aromatic rings. The van der Waals surface area contributed by atoms with Gasteiger partial charge in [-0.3, -0.25) is 4.79 Å². The molecule has 2 atom stereocenters. The molecule has 5 heteroatoms. The predicted molar refractivity (Wildman–Crippen MR) is 80.9 cm³/mol. The summed E-state index contributed by atoms with van der Waals surface area (Å²) in [6, 6.07) is 0. The van der Waals surface area contributed by atoms with Crippen molar-refractivity contribution in [1.82, 2.24) is 4.90 Å². The Morgan fingerprint density at radius 3 is 2.37 bits per heavy atom. The first-order valence-corrected chi connectivity index (χ1v) is 7.44. The van der Waals surface area contributed by atoms with Crippen LogP contribution in [0, 0.1) is 5.41 Å². The molecule has 0 radical (unpaired) electrons. The molecule has 1 saturated heterocycles. The summed E-state index contributed by atoms with van der Waals surface area (Å²) in [6.07, 6.45) is 5.65. The van der Waals surface area contributed by atoms with E-state index in [0.29, 0.717) is 6.54 Å². The highest BCUT2D eigenvalue weighted by molar-refractivity contribution is 6.60. The quantitative estimate of drug-likeness (QED) is 0.619. The van der Waals surface area contributed by atoms with Gasteiger partial charge in [0.1, 0.15) is 0 Å². The van der Waals surface area contributed by atoms with E-state index < -0.39 is 15.1 Å². The molecule has 2 nitrogen and oxygen atoms in total. The third-order valence-electron chi connectivity index (χ3n) is 4.09. The minimum absolute atomic E-state index is 0.267. The molecule has 1 heterocycles. The fraction of sp³-hybridized carbons (Fsp3) is 0.643. The predicted octanol–water partition coefficient (Wildman–Crippen LogP) is 3.91. The summed E-state index contributed by atoms with van der Waals surface area (Å²) in [6.45, 7) is 8.26. The minimum atomic E-state index is -1.53. The molecule has 1 spiro atoms. The number of hydrogen-bond acceptors (Lipinski definition) is 1. The molecule has 0 N–H and O–H groups in total. The van der Waals surface area contributed by atoms with E-state index in [-0.39, 0.29) is 11.4 Å². The SMILES string of the molecule is CC1=CC=C[C@H](Cl)C12CN(C(C)(C)C)C(=O)C2(Cl)Cl. The number of rotatable bonds is 0. The Morgan fingerprint density at radius 2 is 1.95 bits per heavy atom. The lowest BCUT2D eigenvalue weighted by atomic mass is 9.73. The second kappa shape index (κ2) is 4.41. The molecule has 19 heavy (non-hydrogen) atoms. The summed E-state index contributed by atoms with van der Waals surface area (Å²) in [4.78, 5) is 14.3. The van der Waals surface area contributed by atoms with E-state index in [2.05, 4.69) is 0 Å². The van der Waals surface area contributed by atoms with E-state index in [9.17, 15) is 4.79 Å². The first-order chi connectivity index (χ1) is 8.55. The topological polar surface area (TPSA) is 20.3 Å². The van der Waals surface area contributed by atoms with Gasteiger partial charge in [0.2, 0.25) is 4.33 Å². The smallest absolute Gasteiger partial charge is 0.260 e. The lowest BCUT2D eigenvalue weighted by Gasteiger charge is -2.41. The van der Waals surface area contributed by atoms with Crippen LogP contribution >= 0.6 is 34.8 Å². The average molecular weight is 323 g/mol. The summed E-state index contributed by atoms with van der Waals surface area (Å²) in [5.41, 5.74) is -0.162. The van der Waals surface area contributed by atoms with Crippen molar-refractivity contribution in [2.24, 2.45) is 5.41 Å². The van der Waals surface area contributed by atoms with Gasteiger partial charge in [-0.05, 0) is 27.7 Å². The summed E-state index contributed by atoms with van der Waals surface area (Å²) in [5, 5.41) is -0.399. The van der Waals surface area contributed by atoms with Crippen molar-refractivity contribution < 1.29 is 4.79 Å². The molecule has 0 bridgehead atoms. The summed E-state index contributed by atoms with van der Waals surface area (Å²) in [5.74, 6) is -0.267. The van der Waals surface area contributed by atoms with Crippen LogP contribution in [-0.4, -0.2) is 32.6 Å². The number of hydrogen-bond donors (Lipinski definition) is 0. The van der Waals surface area contributed by atoms with Gasteiger partial charge in [-0.15, -0.1) is 11.6 Å². The number of allylic oxidation sites excluding steroid dienone is 3. The van der Waals surface area contributed by atoms with Crippen LogP contribution in [0.25, 0.3) is 0 Å². The minimum Gasteiger partial charge on any atom is -0.334 e. The number of halogens is 3. The Morgan fingerprint density at radius 1 is 1.37 bits per heavy atom. The molecule has 0 saturated carbocycles. The molecule has 1 unspecified atom stereocenters. The second-order valence-corrected chi connectivity index (χ2v) is 8.04. The van der Waals surface area contributed by atoms with Crippen LogP contribution in [0.3, 0.4) is 0 Å². The molecular weight excluding hydrogens is 305 g/mol. The molecule has 2 aliphatic rings. The zero-order valence-electron chi connectivity index (χ0n) is 11.5. The average Bonchev–Trinajstić information content (AvgIpc) is 2.46. The van der Waals surface area contributed by atoms with Gasteiger partial charge in [-0.1, -0.05) is 47.0 Å². The van der Waals surface area contributed by atoms with E-state index in [4.69, 9.17) is 34.8 Å². The van der Waals surface area contributed by atoms with Gasteiger partial charge in [-0.2, -0.15) is 0 Å². The maximum absolute atomic E-state index is 12.6. The maximum Gasteiger partial charge on any atom is 0.260 e. The standard InChI is InChI=1S/C14H18Cl3NO/c1-9-6-5-7-10(15)13(9)8-18(12(2,3)4)11(19)14(13,16)17/h5-7,10H,8H2,1-4H3/t10-,13?/m0/s1. The van der Waals surface area contributed by atoms with Crippen molar-refractivity contribution in [3.63, 3.8) is 0 Å². The number of carbonyl (C=O) groups excluding carboxylic acids is 1. The van der Waals surface area contributed by atoms with E-state index >= 15 is 0 Å². The summed E-state index contributed by atoms with van der Waals surface area (Å²) >= 11 is 19.4. The van der Waals surface area contributed by atoms with Gasteiger partial charge in [0.25, 0.3) is 5.91 Å². The highest BCUT2D eigenvalue weighted by Crippen LogP contribution is 2.58. The summed E-state index contributed by atoms with van der Waals surface area (Å²) < 4.78 is -1.53. The molecule has 106 valence electrons. The Balaban J connectivity index is 2.57. The van der Waals surface area contributed by atoms with E-state index in [0.717, 1.165) is 5.57 Å². The van der Waals surface area contributed by atoms with Crippen LogP contribution in [-0.2, 0) is 4.79 Å². The fourth-order valence-corrected chi connectivity index (χ4v) is 4.24. The Labute approximate surface area is 129 Å². The Bertz CT molecular complexity index is 476. The van der Waals surface area contributed by atoms with E-state index in [1.807, 2.05) is 45.9 Å². The Kier molecular flexibility index (Phi) is 3.53. The molecule has 2 rings (SSSR count). The highest BCUT2D eigenvalue weighted by atomic mass is 35.5. The maximum atomic E-state index is 12.6. The first-order valence-electron chi connectivity index (χ1n) is 6.24. The van der Waals surface area contributed by atoms with Gasteiger partial charge >= 0.3 is 0 Å². The van der Waals surface area contributed by atoms with Crippen molar-refractivity contribution in [1.29, 1.82) is 0 Å². The molecule has 1 fully saturated rings. The third kappa shape index (κ3) is 1.95. The van der Waals surface area contributed by atoms with E-state index in [1.165, 1.54) is 0 Å². The monoisotopic (exact) mass is 321 g/mol. The molecule has 0 aromatic heterocycles. The molecule has 1 aliphatic carbocycles. The van der Waals surface area contributed by atoms with Gasteiger partial charge in [0.05, 0.1) is 10.8 Å². The number of alkyl halides is 3. The van der Waals surface area contributed by atoms with Crippen LogP contribution in [0.4, 0.5) is 0 Å². The van der Waals surface area contributed by atoms with Crippen molar-refractivity contribution in [2.75, 3.05) is 6.54 Å². The van der Waals surface area contributed by atoms with Gasteiger partial charge in [0, 0.05) is 12.1 Å². The number of carbonyl (C=O) groups is 1. The molecule has 1 aliphatic heterocycles. The normalized spacial score (nSPS) is 34.1. The largest absolute Gasteiger partial charge is 0.334 e. The van der Waals surface area contributed by atoms with Crippen LogP contribution in [0.15, 0.2) is 23.8 Å². The zero-order chi connectivity index (χ0) is 14.6. The molecule has 1 amide bonds. The van der Waals surface area contributed by atoms with Crippen molar-refractivity contribution in [3.8, 4) is 0 Å². The van der Waals surface area contributed by atoms with Gasteiger partial charge in [-0.25, -0.2) is 0 Å². The van der Waals surface area contributed by atoms with Crippen molar-refractivity contribution >= 4 is 40.7 Å². The van der Waals surface area contributed by atoms with Gasteiger partial charge in [0.15, 0.2) is 0 Å². The Hall–Kier alpha value is -0.180. The van der Waals surface area contributed by atoms with Crippen molar-refractivity contribution in [2.45, 2.75) is 42.9 Å².